The van der Waals surface area contributed by atoms with Gasteiger partial charge in [-0.05, 0) is 66.4 Å². The summed E-state index contributed by atoms with van der Waals surface area (Å²) < 4.78 is 1.58. The number of anilines is 1. The molecule has 0 unspecified atom stereocenters. The number of carbonyl (C=O) groups is 1. The Labute approximate surface area is 156 Å². The van der Waals surface area contributed by atoms with Crippen LogP contribution in [0.15, 0.2) is 30.7 Å². The van der Waals surface area contributed by atoms with Gasteiger partial charge >= 0.3 is 6.03 Å². The second-order valence-electron chi connectivity index (χ2n) is 6.92. The van der Waals surface area contributed by atoms with Crippen LogP contribution >= 0.6 is 0 Å². The number of tetrazole rings is 1. The van der Waals surface area contributed by atoms with Crippen molar-refractivity contribution >= 4 is 11.7 Å². The number of benzene rings is 1. The summed E-state index contributed by atoms with van der Waals surface area (Å²) >= 11 is 0. The van der Waals surface area contributed by atoms with E-state index in [1.54, 1.807) is 10.9 Å². The molecule has 0 radical (unpaired) electrons. The number of aromatic amines is 1. The summed E-state index contributed by atoms with van der Waals surface area (Å²) in [6, 6.07) is 5.79. The largest absolute Gasteiger partial charge is 0.324 e. The fraction of sp³-hybridized carbons (Fsp3) is 0.389. The molecule has 2 aromatic heterocycles. The van der Waals surface area contributed by atoms with Gasteiger partial charge in [-0.25, -0.2) is 9.48 Å². The van der Waals surface area contributed by atoms with Gasteiger partial charge in [-0.3, -0.25) is 5.10 Å². The van der Waals surface area contributed by atoms with E-state index in [2.05, 4.69) is 31.0 Å². The van der Waals surface area contributed by atoms with Gasteiger partial charge in [0.2, 0.25) is 0 Å². The Kier molecular flexibility index (Phi) is 4.57. The number of likely N-dealkylation sites (tertiary alicyclic amines) is 1. The molecule has 27 heavy (non-hydrogen) atoms. The molecule has 3 aromatic rings. The molecule has 3 heterocycles. The van der Waals surface area contributed by atoms with Crippen LogP contribution in [0.3, 0.4) is 0 Å². The van der Waals surface area contributed by atoms with E-state index in [1.807, 2.05) is 36.9 Å². The van der Waals surface area contributed by atoms with Gasteiger partial charge in [-0.2, -0.15) is 5.10 Å². The van der Waals surface area contributed by atoms with Gasteiger partial charge in [0, 0.05) is 36.6 Å². The fourth-order valence-electron chi connectivity index (χ4n) is 3.49. The molecule has 1 saturated heterocycles. The molecule has 0 spiro atoms. The number of rotatable bonds is 3. The summed E-state index contributed by atoms with van der Waals surface area (Å²) in [7, 11) is 0. The van der Waals surface area contributed by atoms with Gasteiger partial charge in [-0.15, -0.1) is 5.10 Å². The molecule has 2 N–H and O–H groups in total. The van der Waals surface area contributed by atoms with Crippen LogP contribution in [0, 0.1) is 13.8 Å². The van der Waals surface area contributed by atoms with Crippen molar-refractivity contribution in [3.05, 3.63) is 47.5 Å². The molecule has 1 aliphatic rings. The lowest BCUT2D eigenvalue weighted by Gasteiger charge is -2.32. The monoisotopic (exact) mass is 366 g/mol. The standard InChI is InChI=1S/C18H22N8O/c1-12-8-15(26-11-20-23-24-26)9-17(13(12)2)21-18(27)25-7-3-4-14(10-25)16-5-6-19-22-16/h5-6,8-9,11,14H,3-4,7,10H2,1-2H3,(H,19,22)(H,21,27)/t14-/m0/s1. The van der Waals surface area contributed by atoms with E-state index in [0.717, 1.165) is 47.6 Å². The molecule has 9 nitrogen and oxygen atoms in total. The maximum atomic E-state index is 12.9. The van der Waals surface area contributed by atoms with Crippen molar-refractivity contribution in [2.45, 2.75) is 32.6 Å². The van der Waals surface area contributed by atoms with Crippen molar-refractivity contribution in [2.24, 2.45) is 0 Å². The van der Waals surface area contributed by atoms with Crippen molar-refractivity contribution in [1.29, 1.82) is 0 Å². The van der Waals surface area contributed by atoms with Gasteiger partial charge in [0.25, 0.3) is 0 Å². The Hall–Kier alpha value is -3.23. The highest BCUT2D eigenvalue weighted by Gasteiger charge is 2.26. The molecular formula is C18H22N8O. The van der Waals surface area contributed by atoms with E-state index < -0.39 is 0 Å². The predicted octanol–water partition coefficient (Wildman–Crippen LogP) is 2.41. The summed E-state index contributed by atoms with van der Waals surface area (Å²) in [4.78, 5) is 14.8. The van der Waals surface area contributed by atoms with E-state index in [9.17, 15) is 4.79 Å². The lowest BCUT2D eigenvalue weighted by molar-refractivity contribution is 0.192. The van der Waals surface area contributed by atoms with E-state index >= 15 is 0 Å². The number of nitrogens with zero attached hydrogens (tertiary/aromatic N) is 6. The van der Waals surface area contributed by atoms with Crippen molar-refractivity contribution in [2.75, 3.05) is 18.4 Å². The Bertz CT molecular complexity index is 919. The third-order valence-electron chi connectivity index (χ3n) is 5.18. The van der Waals surface area contributed by atoms with Crippen molar-refractivity contribution < 1.29 is 4.79 Å². The molecule has 0 aliphatic carbocycles. The van der Waals surface area contributed by atoms with Crippen LogP contribution in [0.2, 0.25) is 0 Å². The van der Waals surface area contributed by atoms with Gasteiger partial charge in [0.05, 0.1) is 5.69 Å². The molecule has 140 valence electrons. The van der Waals surface area contributed by atoms with Gasteiger partial charge in [0.15, 0.2) is 0 Å². The van der Waals surface area contributed by atoms with Gasteiger partial charge in [-0.1, -0.05) is 0 Å². The predicted molar refractivity (Wildman–Crippen MR) is 99.8 cm³/mol. The molecular weight excluding hydrogens is 344 g/mol. The zero-order valence-electron chi connectivity index (χ0n) is 15.4. The average Bonchev–Trinajstić information content (AvgIpc) is 3.39. The van der Waals surface area contributed by atoms with Crippen LogP contribution < -0.4 is 5.32 Å². The maximum Gasteiger partial charge on any atom is 0.321 e. The van der Waals surface area contributed by atoms with Crippen molar-refractivity contribution in [3.63, 3.8) is 0 Å². The van der Waals surface area contributed by atoms with Gasteiger partial charge in [0.1, 0.15) is 6.33 Å². The molecule has 1 aliphatic heterocycles. The Morgan fingerprint density at radius 2 is 2.22 bits per heavy atom. The molecule has 9 heteroatoms. The van der Waals surface area contributed by atoms with Crippen LogP contribution in [0.5, 0.6) is 0 Å². The zero-order valence-corrected chi connectivity index (χ0v) is 15.4. The number of aryl methyl sites for hydroxylation is 1. The maximum absolute atomic E-state index is 12.9. The molecule has 2 amide bonds. The summed E-state index contributed by atoms with van der Waals surface area (Å²) in [6.07, 6.45) is 5.32. The van der Waals surface area contributed by atoms with Crippen LogP contribution in [0.1, 0.15) is 35.6 Å². The highest BCUT2D eigenvalue weighted by atomic mass is 16.2. The summed E-state index contributed by atoms with van der Waals surface area (Å²) in [5, 5.41) is 21.4. The first kappa shape index (κ1) is 17.2. The Morgan fingerprint density at radius 3 is 2.96 bits per heavy atom. The lowest BCUT2D eigenvalue weighted by atomic mass is 9.95. The van der Waals surface area contributed by atoms with Crippen LogP contribution in [0.25, 0.3) is 5.69 Å². The van der Waals surface area contributed by atoms with E-state index in [-0.39, 0.29) is 6.03 Å². The molecule has 0 saturated carbocycles. The second kappa shape index (κ2) is 7.18. The lowest BCUT2D eigenvalue weighted by Crippen LogP contribution is -2.41. The zero-order chi connectivity index (χ0) is 18.8. The Morgan fingerprint density at radius 1 is 1.33 bits per heavy atom. The number of aromatic nitrogens is 6. The summed E-state index contributed by atoms with van der Waals surface area (Å²) in [6.45, 7) is 5.44. The number of nitrogens with one attached hydrogen (secondary N) is 2. The first-order chi connectivity index (χ1) is 13.1. The quantitative estimate of drug-likeness (QED) is 0.741. The van der Waals surface area contributed by atoms with Crippen LogP contribution in [-0.4, -0.2) is 54.4 Å². The number of urea groups is 1. The summed E-state index contributed by atoms with van der Waals surface area (Å²) in [5.74, 6) is 0.294. The number of H-pyrrole nitrogens is 1. The van der Waals surface area contributed by atoms with Crippen LogP contribution in [0.4, 0.5) is 10.5 Å². The SMILES string of the molecule is Cc1cc(-n2cnnn2)cc(NC(=O)N2CCC[C@H](c3ccn[nH]3)C2)c1C. The number of hydrogen-bond donors (Lipinski definition) is 2. The topological polar surface area (TPSA) is 105 Å². The fourth-order valence-corrected chi connectivity index (χ4v) is 3.49. The molecule has 4 rings (SSSR count). The van der Waals surface area contributed by atoms with E-state index in [0.29, 0.717) is 12.5 Å². The van der Waals surface area contributed by atoms with Crippen molar-refractivity contribution in [1.82, 2.24) is 35.3 Å². The minimum Gasteiger partial charge on any atom is -0.324 e. The number of hydrogen-bond acceptors (Lipinski definition) is 5. The minimum absolute atomic E-state index is 0.0874. The van der Waals surface area contributed by atoms with Crippen LogP contribution in [-0.2, 0) is 0 Å². The molecule has 1 fully saturated rings. The van der Waals surface area contributed by atoms with E-state index in [4.69, 9.17) is 0 Å². The normalized spacial score (nSPS) is 17.1. The molecule has 0 bridgehead atoms. The van der Waals surface area contributed by atoms with E-state index in [1.165, 1.54) is 6.33 Å². The summed E-state index contributed by atoms with van der Waals surface area (Å²) in [5.41, 5.74) is 4.76. The van der Waals surface area contributed by atoms with Crippen molar-refractivity contribution in [3.8, 4) is 5.69 Å². The second-order valence-corrected chi connectivity index (χ2v) is 6.92. The highest BCUT2D eigenvalue weighted by molar-refractivity contribution is 5.91. The number of carbonyl (C=O) groups excluding carboxylic acids is 1. The number of piperidine rings is 1. The van der Waals surface area contributed by atoms with Gasteiger partial charge < -0.3 is 10.2 Å². The smallest absolute Gasteiger partial charge is 0.321 e. The first-order valence-corrected chi connectivity index (χ1v) is 9.01. The minimum atomic E-state index is -0.0874. The molecule has 1 atom stereocenters. The first-order valence-electron chi connectivity index (χ1n) is 9.01. The highest BCUT2D eigenvalue weighted by Crippen LogP contribution is 2.27. The average molecular weight is 366 g/mol. The number of amides is 2. The third kappa shape index (κ3) is 3.53. The Balaban J connectivity index is 1.52. The molecule has 1 aromatic carbocycles. The third-order valence-corrected chi connectivity index (χ3v) is 5.18.